The molecule has 0 aliphatic carbocycles. The number of halogens is 1. The van der Waals surface area contributed by atoms with Gasteiger partial charge in [-0.2, -0.15) is 0 Å². The Kier molecular flexibility index (Phi) is 4.90. The second-order valence-electron chi connectivity index (χ2n) is 6.73. The number of likely N-dealkylation sites (N-methyl/N-ethyl adjacent to an activating group) is 1. The van der Waals surface area contributed by atoms with E-state index in [1.54, 1.807) is 12.1 Å². The number of hydrogen-bond acceptors (Lipinski definition) is 4. The molecule has 0 bridgehead atoms. The molecule has 5 nitrogen and oxygen atoms in total. The summed E-state index contributed by atoms with van der Waals surface area (Å²) >= 11 is 0. The fourth-order valence-electron chi connectivity index (χ4n) is 3.46. The molecule has 25 heavy (non-hydrogen) atoms. The van der Waals surface area contributed by atoms with Crippen molar-refractivity contribution in [1.82, 2.24) is 14.7 Å². The number of rotatable bonds is 4. The summed E-state index contributed by atoms with van der Waals surface area (Å²) in [7, 11) is 0. The first-order valence-corrected chi connectivity index (χ1v) is 8.79. The SMILES string of the molecule is CCN1CCN(C2=C(c3ccc(F)cc3)C(=O)N(C(C)C)C2=O)CC1. The molecular weight excluding hydrogens is 321 g/mol. The van der Waals surface area contributed by atoms with Crippen LogP contribution in [0, 0.1) is 5.82 Å². The van der Waals surface area contributed by atoms with Gasteiger partial charge >= 0.3 is 0 Å². The first kappa shape index (κ1) is 17.6. The summed E-state index contributed by atoms with van der Waals surface area (Å²) in [5.74, 6) is -0.899. The Balaban J connectivity index is 2.02. The van der Waals surface area contributed by atoms with Gasteiger partial charge in [0.05, 0.1) is 5.57 Å². The second-order valence-corrected chi connectivity index (χ2v) is 6.73. The van der Waals surface area contributed by atoms with Crippen molar-refractivity contribution in [3.05, 3.63) is 41.3 Å². The molecule has 134 valence electrons. The number of carbonyl (C=O) groups excluding carboxylic acids is 2. The third-order valence-corrected chi connectivity index (χ3v) is 4.88. The summed E-state index contributed by atoms with van der Waals surface area (Å²) in [6.07, 6.45) is 0. The van der Waals surface area contributed by atoms with Crippen molar-refractivity contribution in [3.8, 4) is 0 Å². The zero-order valence-corrected chi connectivity index (χ0v) is 15.0. The summed E-state index contributed by atoms with van der Waals surface area (Å²) in [4.78, 5) is 31.5. The molecule has 0 aromatic heterocycles. The predicted octanol–water partition coefficient (Wildman–Crippen LogP) is 1.95. The summed E-state index contributed by atoms with van der Waals surface area (Å²) < 4.78 is 13.3. The summed E-state index contributed by atoms with van der Waals surface area (Å²) in [6.45, 7) is 9.88. The average molecular weight is 345 g/mol. The largest absolute Gasteiger partial charge is 0.364 e. The van der Waals surface area contributed by atoms with Crippen LogP contribution in [-0.4, -0.2) is 65.3 Å². The van der Waals surface area contributed by atoms with Crippen LogP contribution in [-0.2, 0) is 9.59 Å². The fraction of sp³-hybridized carbons (Fsp3) is 0.474. The smallest absolute Gasteiger partial charge is 0.278 e. The lowest BCUT2D eigenvalue weighted by atomic mass is 10.0. The number of amides is 2. The first-order chi connectivity index (χ1) is 11.9. The normalized spacial score (nSPS) is 19.6. The van der Waals surface area contributed by atoms with Crippen LogP contribution in [0.15, 0.2) is 30.0 Å². The lowest BCUT2D eigenvalue weighted by Crippen LogP contribution is -2.47. The van der Waals surface area contributed by atoms with Gasteiger partial charge in [0.2, 0.25) is 0 Å². The topological polar surface area (TPSA) is 43.9 Å². The lowest BCUT2D eigenvalue weighted by molar-refractivity contribution is -0.139. The maximum atomic E-state index is 13.3. The zero-order chi connectivity index (χ0) is 18.1. The molecule has 6 heteroatoms. The molecule has 2 aliphatic heterocycles. The van der Waals surface area contributed by atoms with Crippen molar-refractivity contribution >= 4 is 17.4 Å². The summed E-state index contributed by atoms with van der Waals surface area (Å²) in [6, 6.07) is 5.57. The van der Waals surface area contributed by atoms with Gasteiger partial charge < -0.3 is 9.80 Å². The van der Waals surface area contributed by atoms with E-state index in [-0.39, 0.29) is 23.7 Å². The van der Waals surface area contributed by atoms with Crippen LogP contribution in [0.25, 0.3) is 5.57 Å². The Morgan fingerprint density at radius 1 is 1.00 bits per heavy atom. The van der Waals surface area contributed by atoms with Gasteiger partial charge in [-0.05, 0) is 38.1 Å². The van der Waals surface area contributed by atoms with Crippen LogP contribution in [0.2, 0.25) is 0 Å². The van der Waals surface area contributed by atoms with Gasteiger partial charge in [0.25, 0.3) is 11.8 Å². The average Bonchev–Trinajstić information content (AvgIpc) is 2.86. The monoisotopic (exact) mass is 345 g/mol. The predicted molar refractivity (Wildman–Crippen MR) is 94.0 cm³/mol. The highest BCUT2D eigenvalue weighted by molar-refractivity contribution is 6.35. The van der Waals surface area contributed by atoms with Gasteiger partial charge in [-0.25, -0.2) is 4.39 Å². The van der Waals surface area contributed by atoms with Crippen LogP contribution < -0.4 is 0 Å². The molecule has 0 unspecified atom stereocenters. The number of piperazine rings is 1. The molecule has 1 aromatic rings. The van der Waals surface area contributed by atoms with E-state index in [1.165, 1.54) is 17.0 Å². The zero-order valence-electron chi connectivity index (χ0n) is 15.0. The van der Waals surface area contributed by atoms with Crippen molar-refractivity contribution in [3.63, 3.8) is 0 Å². The van der Waals surface area contributed by atoms with Crippen molar-refractivity contribution in [2.24, 2.45) is 0 Å². The molecule has 1 aromatic carbocycles. The van der Waals surface area contributed by atoms with Crippen LogP contribution >= 0.6 is 0 Å². The van der Waals surface area contributed by atoms with E-state index in [1.807, 2.05) is 18.7 Å². The summed E-state index contributed by atoms with van der Waals surface area (Å²) in [5, 5.41) is 0. The molecule has 2 aliphatic rings. The Hall–Kier alpha value is -2.21. The Bertz CT molecular complexity index is 704. The van der Waals surface area contributed by atoms with Crippen LogP contribution in [0.4, 0.5) is 4.39 Å². The standard InChI is InChI=1S/C19H24FN3O2/c1-4-21-9-11-22(12-10-21)17-16(14-5-7-15(20)8-6-14)18(24)23(13(2)3)19(17)25/h5-8,13H,4,9-12H2,1-3H3. The Morgan fingerprint density at radius 2 is 1.60 bits per heavy atom. The molecule has 1 fully saturated rings. The second kappa shape index (κ2) is 6.96. The van der Waals surface area contributed by atoms with E-state index >= 15 is 0 Å². The van der Waals surface area contributed by atoms with Crippen LogP contribution in [0.1, 0.15) is 26.3 Å². The minimum Gasteiger partial charge on any atom is -0.364 e. The van der Waals surface area contributed by atoms with E-state index in [0.717, 1.165) is 19.6 Å². The maximum Gasteiger partial charge on any atom is 0.278 e. The van der Waals surface area contributed by atoms with Crippen molar-refractivity contribution < 1.29 is 14.0 Å². The summed E-state index contributed by atoms with van der Waals surface area (Å²) in [5.41, 5.74) is 1.44. The minimum absolute atomic E-state index is 0.218. The molecule has 2 amide bonds. The molecule has 0 saturated carbocycles. The van der Waals surface area contributed by atoms with Crippen molar-refractivity contribution in [2.45, 2.75) is 26.8 Å². The maximum absolute atomic E-state index is 13.3. The molecule has 0 radical (unpaired) electrons. The Morgan fingerprint density at radius 3 is 2.12 bits per heavy atom. The molecule has 0 atom stereocenters. The number of imide groups is 1. The first-order valence-electron chi connectivity index (χ1n) is 8.79. The third kappa shape index (κ3) is 3.18. The quantitative estimate of drug-likeness (QED) is 0.783. The van der Waals surface area contributed by atoms with E-state index < -0.39 is 0 Å². The third-order valence-electron chi connectivity index (χ3n) is 4.88. The highest BCUT2D eigenvalue weighted by Gasteiger charge is 2.43. The van der Waals surface area contributed by atoms with Crippen LogP contribution in [0.3, 0.4) is 0 Å². The van der Waals surface area contributed by atoms with Gasteiger partial charge in [0, 0.05) is 32.2 Å². The minimum atomic E-state index is -0.361. The van der Waals surface area contributed by atoms with Gasteiger partial charge in [-0.3, -0.25) is 14.5 Å². The highest BCUT2D eigenvalue weighted by atomic mass is 19.1. The van der Waals surface area contributed by atoms with Gasteiger partial charge in [0.15, 0.2) is 0 Å². The number of hydrogen-bond donors (Lipinski definition) is 0. The van der Waals surface area contributed by atoms with E-state index in [4.69, 9.17) is 0 Å². The molecule has 3 rings (SSSR count). The molecule has 0 spiro atoms. The molecule has 2 heterocycles. The number of carbonyl (C=O) groups is 2. The number of benzene rings is 1. The number of nitrogens with zero attached hydrogens (tertiary/aromatic N) is 3. The van der Waals surface area contributed by atoms with Crippen LogP contribution in [0.5, 0.6) is 0 Å². The highest BCUT2D eigenvalue weighted by Crippen LogP contribution is 2.33. The Labute approximate surface area is 147 Å². The van der Waals surface area contributed by atoms with Gasteiger partial charge in [-0.1, -0.05) is 19.1 Å². The molecule has 0 N–H and O–H groups in total. The van der Waals surface area contributed by atoms with Gasteiger partial charge in [0.1, 0.15) is 11.5 Å². The molecular formula is C19H24FN3O2. The van der Waals surface area contributed by atoms with E-state index in [9.17, 15) is 14.0 Å². The van der Waals surface area contributed by atoms with Crippen molar-refractivity contribution in [2.75, 3.05) is 32.7 Å². The van der Waals surface area contributed by atoms with E-state index in [2.05, 4.69) is 11.8 Å². The van der Waals surface area contributed by atoms with Crippen molar-refractivity contribution in [1.29, 1.82) is 0 Å². The lowest BCUT2D eigenvalue weighted by Gasteiger charge is -2.36. The van der Waals surface area contributed by atoms with E-state index in [0.29, 0.717) is 29.9 Å². The fourth-order valence-corrected chi connectivity index (χ4v) is 3.46. The molecule has 1 saturated heterocycles. The van der Waals surface area contributed by atoms with Gasteiger partial charge in [-0.15, -0.1) is 0 Å².